The maximum atomic E-state index is 5.68. The van der Waals surface area contributed by atoms with Crippen molar-refractivity contribution in [2.45, 2.75) is 118 Å². The summed E-state index contributed by atoms with van der Waals surface area (Å²) in [5.74, 6) is -1.55. The van der Waals surface area contributed by atoms with Crippen molar-refractivity contribution < 1.29 is 29.3 Å². The van der Waals surface area contributed by atoms with Crippen molar-refractivity contribution in [3.8, 4) is 0 Å². The maximum absolute atomic E-state index is 5.68. The standard InChI is InChI=1S/C22H46O6/c1-6-11-12-13-14-15-17-21(16-7-2)22(26-23-18-8-3,27-24-19-9-4)28-25-20-10-5/h21H,6-20H2,1-5H3. The summed E-state index contributed by atoms with van der Waals surface area (Å²) in [6.07, 6.45) is 12.6. The van der Waals surface area contributed by atoms with Gasteiger partial charge in [-0.1, -0.05) is 79.6 Å². The van der Waals surface area contributed by atoms with E-state index >= 15 is 0 Å². The van der Waals surface area contributed by atoms with Gasteiger partial charge in [0.15, 0.2) is 0 Å². The number of unbranched alkanes of at least 4 members (excludes halogenated alkanes) is 5. The topological polar surface area (TPSA) is 55.4 Å². The highest BCUT2D eigenvalue weighted by atomic mass is 17.4. The molecule has 0 aromatic heterocycles. The van der Waals surface area contributed by atoms with Gasteiger partial charge in [-0.05, 0) is 32.1 Å². The van der Waals surface area contributed by atoms with E-state index in [2.05, 4.69) is 13.8 Å². The number of hydrogen-bond donors (Lipinski definition) is 0. The molecule has 0 heterocycles. The van der Waals surface area contributed by atoms with E-state index in [4.69, 9.17) is 29.3 Å². The summed E-state index contributed by atoms with van der Waals surface area (Å²) in [6.45, 7) is 11.8. The Kier molecular flexibility index (Phi) is 19.9. The van der Waals surface area contributed by atoms with E-state index < -0.39 is 5.97 Å². The second kappa shape index (κ2) is 20.0. The normalized spacial score (nSPS) is 13.2. The van der Waals surface area contributed by atoms with E-state index in [0.29, 0.717) is 19.8 Å². The Hall–Kier alpha value is -0.240. The average molecular weight is 407 g/mol. The molecule has 0 amide bonds. The molecule has 0 aliphatic rings. The van der Waals surface area contributed by atoms with E-state index in [1.807, 2.05) is 20.8 Å². The van der Waals surface area contributed by atoms with Crippen LogP contribution in [0, 0.1) is 5.92 Å². The third-order valence-corrected chi connectivity index (χ3v) is 4.43. The summed E-state index contributed by atoms with van der Waals surface area (Å²) >= 11 is 0. The molecule has 0 aromatic rings. The molecule has 0 saturated heterocycles. The Balaban J connectivity index is 5.08. The maximum Gasteiger partial charge on any atom is 0.368 e. The van der Waals surface area contributed by atoms with Crippen molar-refractivity contribution in [1.82, 2.24) is 0 Å². The van der Waals surface area contributed by atoms with Crippen LogP contribution in [0.25, 0.3) is 0 Å². The van der Waals surface area contributed by atoms with Crippen molar-refractivity contribution in [3.63, 3.8) is 0 Å². The first kappa shape index (κ1) is 27.8. The highest BCUT2D eigenvalue weighted by Gasteiger charge is 2.47. The van der Waals surface area contributed by atoms with Gasteiger partial charge in [0.25, 0.3) is 0 Å². The first-order chi connectivity index (χ1) is 13.7. The first-order valence-electron chi connectivity index (χ1n) is 11.6. The van der Waals surface area contributed by atoms with Crippen molar-refractivity contribution in [2.24, 2.45) is 5.92 Å². The quantitative estimate of drug-likeness (QED) is 0.0845. The van der Waals surface area contributed by atoms with Crippen molar-refractivity contribution in [3.05, 3.63) is 0 Å². The highest BCUT2D eigenvalue weighted by molar-refractivity contribution is 4.69. The third kappa shape index (κ3) is 13.1. The van der Waals surface area contributed by atoms with E-state index in [9.17, 15) is 0 Å². The van der Waals surface area contributed by atoms with E-state index in [1.54, 1.807) is 0 Å². The average Bonchev–Trinajstić information content (AvgIpc) is 2.70. The molecule has 0 rings (SSSR count). The van der Waals surface area contributed by atoms with Gasteiger partial charge in [-0.25, -0.2) is 14.7 Å². The fourth-order valence-electron chi connectivity index (χ4n) is 2.88. The van der Waals surface area contributed by atoms with Gasteiger partial charge in [-0.15, -0.1) is 0 Å². The van der Waals surface area contributed by atoms with Crippen LogP contribution in [-0.2, 0) is 29.3 Å². The monoisotopic (exact) mass is 406 g/mol. The molecule has 170 valence electrons. The molecular formula is C22H46O6. The Morgan fingerprint density at radius 3 is 1.39 bits per heavy atom. The van der Waals surface area contributed by atoms with Gasteiger partial charge in [-0.2, -0.15) is 14.7 Å². The zero-order valence-corrected chi connectivity index (χ0v) is 19.1. The predicted octanol–water partition coefficient (Wildman–Crippen LogP) is 6.88. The fourth-order valence-corrected chi connectivity index (χ4v) is 2.88. The molecule has 0 bridgehead atoms. The first-order valence-corrected chi connectivity index (χ1v) is 11.6. The lowest BCUT2D eigenvalue weighted by Crippen LogP contribution is -2.47. The molecule has 0 saturated carbocycles. The van der Waals surface area contributed by atoms with Gasteiger partial charge >= 0.3 is 5.97 Å². The third-order valence-electron chi connectivity index (χ3n) is 4.43. The van der Waals surface area contributed by atoms with Crippen LogP contribution in [0.15, 0.2) is 0 Å². The lowest BCUT2D eigenvalue weighted by molar-refractivity contribution is -0.644. The van der Waals surface area contributed by atoms with Crippen LogP contribution in [0.3, 0.4) is 0 Å². The van der Waals surface area contributed by atoms with E-state index in [-0.39, 0.29) is 5.92 Å². The molecule has 6 heteroatoms. The lowest BCUT2D eigenvalue weighted by atomic mass is 9.93. The van der Waals surface area contributed by atoms with Crippen molar-refractivity contribution in [2.75, 3.05) is 19.8 Å². The van der Waals surface area contributed by atoms with E-state index in [0.717, 1.165) is 44.9 Å². The van der Waals surface area contributed by atoms with Crippen molar-refractivity contribution in [1.29, 1.82) is 0 Å². The van der Waals surface area contributed by atoms with Crippen LogP contribution in [-0.4, -0.2) is 25.8 Å². The zero-order chi connectivity index (χ0) is 20.9. The van der Waals surface area contributed by atoms with Crippen LogP contribution in [0.1, 0.15) is 112 Å². The fraction of sp³-hybridized carbons (Fsp3) is 1.00. The molecule has 1 atom stereocenters. The smallest absolute Gasteiger partial charge is 0.231 e. The van der Waals surface area contributed by atoms with Crippen LogP contribution < -0.4 is 0 Å². The molecule has 0 aliphatic carbocycles. The molecular weight excluding hydrogens is 360 g/mol. The predicted molar refractivity (Wildman–Crippen MR) is 111 cm³/mol. The largest absolute Gasteiger partial charge is 0.368 e. The minimum Gasteiger partial charge on any atom is -0.231 e. The van der Waals surface area contributed by atoms with Crippen LogP contribution in [0.5, 0.6) is 0 Å². The second-order valence-electron chi connectivity index (χ2n) is 7.36. The van der Waals surface area contributed by atoms with Gasteiger partial charge in [-0.3, -0.25) is 0 Å². The van der Waals surface area contributed by atoms with Gasteiger partial charge in [0, 0.05) is 5.92 Å². The van der Waals surface area contributed by atoms with Gasteiger partial charge < -0.3 is 0 Å². The minimum atomic E-state index is -1.50. The highest BCUT2D eigenvalue weighted by Crippen LogP contribution is 2.35. The summed E-state index contributed by atoms with van der Waals surface area (Å²) in [6, 6.07) is 0. The van der Waals surface area contributed by atoms with Gasteiger partial charge in [0.2, 0.25) is 0 Å². The molecule has 1 unspecified atom stereocenters. The Morgan fingerprint density at radius 2 is 0.964 bits per heavy atom. The van der Waals surface area contributed by atoms with Crippen LogP contribution in [0.2, 0.25) is 0 Å². The van der Waals surface area contributed by atoms with Gasteiger partial charge in [0.05, 0.1) is 19.8 Å². The molecule has 0 fully saturated rings. The molecule has 0 aliphatic heterocycles. The molecule has 0 radical (unpaired) electrons. The Morgan fingerprint density at radius 1 is 0.500 bits per heavy atom. The Bertz CT molecular complexity index is 287. The van der Waals surface area contributed by atoms with Gasteiger partial charge in [0.1, 0.15) is 0 Å². The molecule has 28 heavy (non-hydrogen) atoms. The second-order valence-corrected chi connectivity index (χ2v) is 7.36. The van der Waals surface area contributed by atoms with E-state index in [1.165, 1.54) is 32.1 Å². The SMILES string of the molecule is CCCCCCCCC(CCC)C(OOCCC)(OOCCC)OOCCC. The molecule has 6 nitrogen and oxygen atoms in total. The summed E-state index contributed by atoms with van der Waals surface area (Å²) < 4.78 is 0. The van der Waals surface area contributed by atoms with Crippen LogP contribution >= 0.6 is 0 Å². The molecule has 0 aromatic carbocycles. The summed E-state index contributed by atoms with van der Waals surface area (Å²) in [5.41, 5.74) is 0. The summed E-state index contributed by atoms with van der Waals surface area (Å²) in [7, 11) is 0. The minimum absolute atomic E-state index is 0.0470. The number of hydrogen-bond acceptors (Lipinski definition) is 6. The molecule has 0 spiro atoms. The summed E-state index contributed by atoms with van der Waals surface area (Å²) in [4.78, 5) is 33.2. The lowest BCUT2D eigenvalue weighted by Gasteiger charge is -2.35. The van der Waals surface area contributed by atoms with Crippen LogP contribution in [0.4, 0.5) is 0 Å². The molecule has 0 N–H and O–H groups in total. The zero-order valence-electron chi connectivity index (χ0n) is 19.1. The number of rotatable bonds is 22. The Labute approximate surface area is 173 Å². The summed E-state index contributed by atoms with van der Waals surface area (Å²) in [5, 5.41) is 0. The van der Waals surface area contributed by atoms with Crippen molar-refractivity contribution >= 4 is 0 Å².